The van der Waals surface area contributed by atoms with Gasteiger partial charge in [-0.05, 0) is 42.7 Å². The van der Waals surface area contributed by atoms with Gasteiger partial charge in [0.15, 0.2) is 0 Å². The van der Waals surface area contributed by atoms with Crippen LogP contribution in [0.3, 0.4) is 0 Å². The van der Waals surface area contributed by atoms with Crippen molar-refractivity contribution in [2.75, 3.05) is 32.9 Å². The van der Waals surface area contributed by atoms with E-state index in [1.807, 2.05) is 36.4 Å². The largest absolute Gasteiger partial charge is 0.381 e. The third kappa shape index (κ3) is 4.71. The molecule has 2 heterocycles. The lowest BCUT2D eigenvalue weighted by atomic mass is 9.72. The van der Waals surface area contributed by atoms with Crippen LogP contribution in [0.25, 0.3) is 0 Å². The number of hydrogen-bond acceptors (Lipinski definition) is 3. The fourth-order valence-electron chi connectivity index (χ4n) is 4.71. The number of amides is 1. The fraction of sp³-hybridized carbons (Fsp3) is 0.480. The highest BCUT2D eigenvalue weighted by molar-refractivity contribution is 5.88. The van der Waals surface area contributed by atoms with Gasteiger partial charge in [0.2, 0.25) is 5.91 Å². The maximum atomic E-state index is 13.7. The average molecular weight is 394 g/mol. The van der Waals surface area contributed by atoms with Crippen molar-refractivity contribution in [1.29, 1.82) is 0 Å². The second-order valence-electron chi connectivity index (χ2n) is 8.32. The molecular weight excluding hydrogens is 362 g/mol. The van der Waals surface area contributed by atoms with Crippen molar-refractivity contribution in [1.82, 2.24) is 4.90 Å². The Morgan fingerprint density at radius 2 is 1.72 bits per heavy atom. The Morgan fingerprint density at radius 1 is 1.03 bits per heavy atom. The van der Waals surface area contributed by atoms with Crippen molar-refractivity contribution >= 4 is 5.91 Å². The molecule has 1 amide bonds. The summed E-state index contributed by atoms with van der Waals surface area (Å²) in [6.45, 7) is 4.29. The summed E-state index contributed by atoms with van der Waals surface area (Å²) in [5, 5.41) is 0. The van der Waals surface area contributed by atoms with Crippen LogP contribution in [0.1, 0.15) is 36.8 Å². The maximum Gasteiger partial charge on any atom is 0.233 e. The SMILES string of the molecule is O=C(N1CCCC(COCc2ccccc2)C1)C1(c2ccccc2)CCOCC1. The van der Waals surface area contributed by atoms with Crippen molar-refractivity contribution < 1.29 is 14.3 Å². The first-order chi connectivity index (χ1) is 14.3. The van der Waals surface area contributed by atoms with Crippen molar-refractivity contribution in [3.63, 3.8) is 0 Å². The molecular formula is C25H31NO3. The zero-order valence-corrected chi connectivity index (χ0v) is 17.1. The highest BCUT2D eigenvalue weighted by Gasteiger charge is 2.44. The van der Waals surface area contributed by atoms with Gasteiger partial charge in [-0.1, -0.05) is 60.7 Å². The number of rotatable bonds is 6. The molecule has 0 aromatic heterocycles. The topological polar surface area (TPSA) is 38.8 Å². The number of benzene rings is 2. The molecule has 0 radical (unpaired) electrons. The van der Waals surface area contributed by atoms with Crippen LogP contribution < -0.4 is 0 Å². The van der Waals surface area contributed by atoms with E-state index in [9.17, 15) is 4.79 Å². The van der Waals surface area contributed by atoms with Crippen molar-refractivity contribution in [2.24, 2.45) is 5.92 Å². The van der Waals surface area contributed by atoms with Gasteiger partial charge < -0.3 is 14.4 Å². The van der Waals surface area contributed by atoms with Gasteiger partial charge in [-0.25, -0.2) is 0 Å². The van der Waals surface area contributed by atoms with E-state index in [0.29, 0.717) is 32.3 Å². The van der Waals surface area contributed by atoms with Crippen LogP contribution in [0, 0.1) is 5.92 Å². The molecule has 4 heteroatoms. The Labute approximate surface area is 173 Å². The maximum absolute atomic E-state index is 13.7. The van der Waals surface area contributed by atoms with Crippen molar-refractivity contribution in [2.45, 2.75) is 37.7 Å². The summed E-state index contributed by atoms with van der Waals surface area (Å²) in [6.07, 6.45) is 3.70. The van der Waals surface area contributed by atoms with E-state index in [2.05, 4.69) is 29.2 Å². The van der Waals surface area contributed by atoms with Gasteiger partial charge in [-0.2, -0.15) is 0 Å². The second-order valence-corrected chi connectivity index (χ2v) is 8.32. The third-order valence-electron chi connectivity index (χ3n) is 6.35. The molecule has 0 spiro atoms. The first-order valence-electron chi connectivity index (χ1n) is 10.8. The standard InChI is InChI=1S/C25H31NO3/c27-24(25(13-16-28-17-14-25)23-11-5-2-6-12-23)26-15-7-10-22(18-26)20-29-19-21-8-3-1-4-9-21/h1-6,8-9,11-12,22H,7,10,13-20H2. The van der Waals surface area contributed by atoms with E-state index in [1.165, 1.54) is 5.56 Å². The summed E-state index contributed by atoms with van der Waals surface area (Å²) in [6, 6.07) is 20.6. The molecule has 2 aromatic carbocycles. The van der Waals surface area contributed by atoms with Crippen molar-refractivity contribution in [3.05, 3.63) is 71.8 Å². The predicted molar refractivity (Wildman–Crippen MR) is 114 cm³/mol. The highest BCUT2D eigenvalue weighted by Crippen LogP contribution is 2.37. The molecule has 0 aliphatic carbocycles. The van der Waals surface area contributed by atoms with Gasteiger partial charge >= 0.3 is 0 Å². The first-order valence-corrected chi connectivity index (χ1v) is 10.8. The van der Waals surface area contributed by atoms with Crippen LogP contribution >= 0.6 is 0 Å². The number of ether oxygens (including phenoxy) is 2. The first kappa shape index (κ1) is 20.1. The summed E-state index contributed by atoms with van der Waals surface area (Å²) in [5.41, 5.74) is 1.89. The fourth-order valence-corrected chi connectivity index (χ4v) is 4.71. The van der Waals surface area contributed by atoms with E-state index in [1.54, 1.807) is 0 Å². The van der Waals surface area contributed by atoms with E-state index in [4.69, 9.17) is 9.47 Å². The Kier molecular flexibility index (Phi) is 6.63. The van der Waals surface area contributed by atoms with Gasteiger partial charge in [0.05, 0.1) is 18.6 Å². The molecule has 1 atom stereocenters. The molecule has 154 valence electrons. The third-order valence-corrected chi connectivity index (χ3v) is 6.35. The molecule has 2 saturated heterocycles. The Balaban J connectivity index is 1.40. The molecule has 2 fully saturated rings. The van der Waals surface area contributed by atoms with Crippen LogP contribution in [0.15, 0.2) is 60.7 Å². The highest BCUT2D eigenvalue weighted by atomic mass is 16.5. The van der Waals surface area contributed by atoms with Crippen LogP contribution in [0.2, 0.25) is 0 Å². The molecule has 2 aliphatic rings. The molecule has 4 rings (SSSR count). The van der Waals surface area contributed by atoms with Gasteiger partial charge in [0.1, 0.15) is 0 Å². The quantitative estimate of drug-likeness (QED) is 0.739. The number of nitrogens with zero attached hydrogens (tertiary/aromatic N) is 1. The van der Waals surface area contributed by atoms with E-state index < -0.39 is 5.41 Å². The molecule has 4 nitrogen and oxygen atoms in total. The van der Waals surface area contributed by atoms with Crippen molar-refractivity contribution in [3.8, 4) is 0 Å². The molecule has 2 aliphatic heterocycles. The summed E-state index contributed by atoms with van der Waals surface area (Å²) >= 11 is 0. The van der Waals surface area contributed by atoms with Gasteiger partial charge in [0, 0.05) is 26.3 Å². The smallest absolute Gasteiger partial charge is 0.233 e. The Bertz CT molecular complexity index is 771. The van der Waals surface area contributed by atoms with Gasteiger partial charge in [0.25, 0.3) is 0 Å². The second kappa shape index (κ2) is 9.55. The summed E-state index contributed by atoms with van der Waals surface area (Å²) in [4.78, 5) is 15.8. The zero-order chi connectivity index (χ0) is 19.9. The van der Waals surface area contributed by atoms with E-state index >= 15 is 0 Å². The number of likely N-dealkylation sites (tertiary alicyclic amines) is 1. The summed E-state index contributed by atoms with van der Waals surface area (Å²) in [7, 11) is 0. The summed E-state index contributed by atoms with van der Waals surface area (Å²) < 4.78 is 11.6. The summed E-state index contributed by atoms with van der Waals surface area (Å²) in [5.74, 6) is 0.684. The van der Waals surface area contributed by atoms with Crippen LogP contribution in [-0.2, 0) is 26.3 Å². The molecule has 29 heavy (non-hydrogen) atoms. The minimum atomic E-state index is -0.438. The predicted octanol–water partition coefficient (Wildman–Crippen LogP) is 4.19. The van der Waals surface area contributed by atoms with Crippen LogP contribution in [0.4, 0.5) is 0 Å². The van der Waals surface area contributed by atoms with E-state index in [-0.39, 0.29) is 5.91 Å². The van der Waals surface area contributed by atoms with Gasteiger partial charge in [-0.3, -0.25) is 4.79 Å². The number of piperidine rings is 1. The molecule has 2 aromatic rings. The lowest BCUT2D eigenvalue weighted by Crippen LogP contribution is -2.53. The normalized spacial score (nSPS) is 21.7. The lowest BCUT2D eigenvalue weighted by molar-refractivity contribution is -0.143. The van der Waals surface area contributed by atoms with Crippen LogP contribution in [-0.4, -0.2) is 43.7 Å². The minimum Gasteiger partial charge on any atom is -0.381 e. The molecule has 1 unspecified atom stereocenters. The molecule has 0 bridgehead atoms. The molecule has 0 N–H and O–H groups in total. The van der Waals surface area contributed by atoms with E-state index in [0.717, 1.165) is 44.3 Å². The number of carbonyl (C=O) groups is 1. The Morgan fingerprint density at radius 3 is 2.45 bits per heavy atom. The van der Waals surface area contributed by atoms with Gasteiger partial charge in [-0.15, -0.1) is 0 Å². The average Bonchev–Trinajstić information content (AvgIpc) is 2.80. The molecule has 0 saturated carbocycles. The number of carbonyl (C=O) groups excluding carboxylic acids is 1. The zero-order valence-electron chi connectivity index (χ0n) is 17.1. The monoisotopic (exact) mass is 393 g/mol. The minimum absolute atomic E-state index is 0.278. The van der Waals surface area contributed by atoms with Crippen LogP contribution in [0.5, 0.6) is 0 Å². The number of hydrogen-bond donors (Lipinski definition) is 0. The Hall–Kier alpha value is -2.17. The lowest BCUT2D eigenvalue weighted by Gasteiger charge is -2.42.